The van der Waals surface area contributed by atoms with Gasteiger partial charge in [-0.05, 0) is 25.3 Å². The summed E-state index contributed by atoms with van der Waals surface area (Å²) in [5.74, 6) is -0.713. The molecular weight excluding hydrogens is 290 g/mol. The Balaban J connectivity index is 2.22. The Kier molecular flexibility index (Phi) is 4.97. The summed E-state index contributed by atoms with van der Waals surface area (Å²) in [6, 6.07) is 7.51. The van der Waals surface area contributed by atoms with Gasteiger partial charge in [0.15, 0.2) is 0 Å². The van der Waals surface area contributed by atoms with E-state index in [0.29, 0.717) is 12.1 Å². The average Bonchev–Trinajstić information content (AvgIpc) is 2.46. The van der Waals surface area contributed by atoms with Crippen molar-refractivity contribution in [3.05, 3.63) is 35.9 Å². The molecule has 1 heterocycles. The van der Waals surface area contributed by atoms with Crippen LogP contribution in [0.1, 0.15) is 37.8 Å². The summed E-state index contributed by atoms with van der Waals surface area (Å²) in [7, 11) is -3.74. The number of nitrogens with two attached hydrogens (primary N) is 1. The molecule has 0 spiro atoms. The van der Waals surface area contributed by atoms with E-state index in [2.05, 4.69) is 4.72 Å². The topological polar surface area (TPSA) is 92.5 Å². The third-order valence-corrected chi connectivity index (χ3v) is 5.43. The van der Waals surface area contributed by atoms with Gasteiger partial charge >= 0.3 is 0 Å². The lowest BCUT2D eigenvalue weighted by atomic mass is 10.1. The molecule has 0 bridgehead atoms. The molecule has 116 valence electrons. The number of amides is 1. The molecule has 6 nitrogen and oxygen atoms in total. The van der Waals surface area contributed by atoms with E-state index in [9.17, 15) is 13.2 Å². The van der Waals surface area contributed by atoms with Crippen LogP contribution in [-0.4, -0.2) is 31.2 Å². The molecule has 3 N–H and O–H groups in total. The Morgan fingerprint density at radius 2 is 2.00 bits per heavy atom. The molecule has 2 atom stereocenters. The maximum Gasteiger partial charge on any atom is 0.280 e. The van der Waals surface area contributed by atoms with E-state index in [4.69, 9.17) is 5.73 Å². The first-order chi connectivity index (χ1) is 9.92. The van der Waals surface area contributed by atoms with Crippen molar-refractivity contribution in [2.75, 3.05) is 6.54 Å². The van der Waals surface area contributed by atoms with Crippen LogP contribution in [-0.2, 0) is 15.0 Å². The summed E-state index contributed by atoms with van der Waals surface area (Å²) in [4.78, 5) is 11.6. The zero-order valence-corrected chi connectivity index (χ0v) is 12.8. The molecular formula is C14H21N3O3S. The minimum Gasteiger partial charge on any atom is -0.368 e. The third kappa shape index (κ3) is 3.81. The lowest BCUT2D eigenvalue weighted by Crippen LogP contribution is -2.50. The smallest absolute Gasteiger partial charge is 0.280 e. The van der Waals surface area contributed by atoms with Gasteiger partial charge in [-0.2, -0.15) is 17.4 Å². The van der Waals surface area contributed by atoms with Crippen molar-refractivity contribution in [3.8, 4) is 0 Å². The van der Waals surface area contributed by atoms with Crippen molar-refractivity contribution in [1.29, 1.82) is 0 Å². The molecule has 1 fully saturated rings. The van der Waals surface area contributed by atoms with Gasteiger partial charge in [0.25, 0.3) is 10.2 Å². The van der Waals surface area contributed by atoms with Crippen LogP contribution in [0.2, 0.25) is 0 Å². The SMILES string of the molecule is C[C@H]1CCCCN1S(=O)(=O)N[C@@H](C(N)=O)c1ccccc1. The summed E-state index contributed by atoms with van der Waals surface area (Å²) in [6.45, 7) is 2.34. The van der Waals surface area contributed by atoms with Gasteiger partial charge in [-0.15, -0.1) is 0 Å². The minimum absolute atomic E-state index is 0.0689. The highest BCUT2D eigenvalue weighted by Gasteiger charge is 2.33. The van der Waals surface area contributed by atoms with E-state index in [0.717, 1.165) is 19.3 Å². The number of nitrogens with zero attached hydrogens (tertiary/aromatic N) is 1. The zero-order chi connectivity index (χ0) is 15.5. The number of primary amides is 1. The number of benzene rings is 1. The second-order valence-corrected chi connectivity index (χ2v) is 6.98. The summed E-state index contributed by atoms with van der Waals surface area (Å²) in [5.41, 5.74) is 5.90. The first-order valence-corrected chi connectivity index (χ1v) is 8.49. The lowest BCUT2D eigenvalue weighted by molar-refractivity contribution is -0.119. The van der Waals surface area contributed by atoms with Crippen LogP contribution in [0.15, 0.2) is 30.3 Å². The van der Waals surface area contributed by atoms with Crippen molar-refractivity contribution in [2.24, 2.45) is 5.73 Å². The third-order valence-electron chi connectivity index (χ3n) is 3.73. The molecule has 0 unspecified atom stereocenters. The quantitative estimate of drug-likeness (QED) is 0.847. The number of hydrogen-bond donors (Lipinski definition) is 2. The fourth-order valence-electron chi connectivity index (χ4n) is 2.58. The lowest BCUT2D eigenvalue weighted by Gasteiger charge is -2.33. The normalized spacial score (nSPS) is 21.9. The molecule has 1 aliphatic rings. The van der Waals surface area contributed by atoms with Crippen LogP contribution in [0.4, 0.5) is 0 Å². The molecule has 1 aliphatic heterocycles. The maximum atomic E-state index is 12.5. The molecule has 1 aromatic rings. The molecule has 0 radical (unpaired) electrons. The summed E-state index contributed by atoms with van der Waals surface area (Å²) < 4.78 is 28.8. The second kappa shape index (κ2) is 6.55. The Morgan fingerprint density at radius 1 is 1.33 bits per heavy atom. The number of nitrogens with one attached hydrogen (secondary N) is 1. The Hall–Kier alpha value is -1.44. The van der Waals surface area contributed by atoms with Crippen LogP contribution in [0.25, 0.3) is 0 Å². The number of piperidine rings is 1. The molecule has 21 heavy (non-hydrogen) atoms. The van der Waals surface area contributed by atoms with E-state index >= 15 is 0 Å². The van der Waals surface area contributed by atoms with Gasteiger partial charge in [-0.3, -0.25) is 4.79 Å². The van der Waals surface area contributed by atoms with Crippen molar-refractivity contribution < 1.29 is 13.2 Å². The monoisotopic (exact) mass is 311 g/mol. The largest absolute Gasteiger partial charge is 0.368 e. The summed E-state index contributed by atoms with van der Waals surface area (Å²) in [5, 5.41) is 0. The van der Waals surface area contributed by atoms with Gasteiger partial charge in [-0.1, -0.05) is 36.8 Å². The standard InChI is InChI=1S/C14H21N3O3S/c1-11-7-5-6-10-17(11)21(19,20)16-13(14(15)18)12-8-3-2-4-9-12/h2-4,8-9,11,13,16H,5-7,10H2,1H3,(H2,15,18)/t11-,13+/m0/s1. The van der Waals surface area contributed by atoms with Gasteiger partial charge in [0.2, 0.25) is 5.91 Å². The molecule has 1 aromatic carbocycles. The predicted octanol–water partition coefficient (Wildman–Crippen LogP) is 0.922. The number of carbonyl (C=O) groups excluding carboxylic acids is 1. The van der Waals surface area contributed by atoms with Crippen molar-refractivity contribution in [3.63, 3.8) is 0 Å². The molecule has 1 saturated heterocycles. The van der Waals surface area contributed by atoms with Gasteiger partial charge in [0.05, 0.1) is 0 Å². The first-order valence-electron chi connectivity index (χ1n) is 7.05. The summed E-state index contributed by atoms with van der Waals surface area (Å²) in [6.07, 6.45) is 2.68. The molecule has 1 amide bonds. The van der Waals surface area contributed by atoms with Crippen LogP contribution >= 0.6 is 0 Å². The molecule has 0 aromatic heterocycles. The second-order valence-electron chi connectivity index (χ2n) is 5.32. The zero-order valence-electron chi connectivity index (χ0n) is 12.0. The maximum absolute atomic E-state index is 12.5. The Bertz CT molecular complexity index is 589. The van der Waals surface area contributed by atoms with Crippen LogP contribution in [0.5, 0.6) is 0 Å². The molecule has 2 rings (SSSR count). The van der Waals surface area contributed by atoms with Crippen LogP contribution in [0, 0.1) is 0 Å². The predicted molar refractivity (Wildman–Crippen MR) is 80.5 cm³/mol. The highest BCUT2D eigenvalue weighted by atomic mass is 32.2. The van der Waals surface area contributed by atoms with E-state index < -0.39 is 22.2 Å². The highest BCUT2D eigenvalue weighted by Crippen LogP contribution is 2.21. The van der Waals surface area contributed by atoms with E-state index in [1.165, 1.54) is 4.31 Å². The van der Waals surface area contributed by atoms with Gasteiger partial charge in [-0.25, -0.2) is 0 Å². The molecule has 7 heteroatoms. The average molecular weight is 311 g/mol. The van der Waals surface area contributed by atoms with Crippen molar-refractivity contribution >= 4 is 16.1 Å². The minimum atomic E-state index is -3.74. The van der Waals surface area contributed by atoms with Gasteiger partial charge < -0.3 is 5.73 Å². The number of carbonyl (C=O) groups is 1. The first kappa shape index (κ1) is 15.9. The molecule has 0 saturated carbocycles. The Labute approximate surface area is 125 Å². The van der Waals surface area contributed by atoms with E-state index in [1.807, 2.05) is 6.92 Å². The molecule has 0 aliphatic carbocycles. The summed E-state index contributed by atoms with van der Waals surface area (Å²) >= 11 is 0. The van der Waals surface area contributed by atoms with Gasteiger partial charge in [0, 0.05) is 12.6 Å². The van der Waals surface area contributed by atoms with E-state index in [-0.39, 0.29) is 6.04 Å². The highest BCUT2D eigenvalue weighted by molar-refractivity contribution is 7.87. The van der Waals surface area contributed by atoms with Crippen molar-refractivity contribution in [2.45, 2.75) is 38.3 Å². The van der Waals surface area contributed by atoms with Crippen LogP contribution in [0.3, 0.4) is 0 Å². The van der Waals surface area contributed by atoms with Gasteiger partial charge in [0.1, 0.15) is 6.04 Å². The number of hydrogen-bond acceptors (Lipinski definition) is 3. The van der Waals surface area contributed by atoms with Crippen LogP contribution < -0.4 is 10.5 Å². The fourth-order valence-corrected chi connectivity index (χ4v) is 4.22. The van der Waals surface area contributed by atoms with E-state index in [1.54, 1.807) is 30.3 Å². The Morgan fingerprint density at radius 3 is 2.57 bits per heavy atom. The van der Waals surface area contributed by atoms with Crippen molar-refractivity contribution in [1.82, 2.24) is 9.03 Å². The number of rotatable bonds is 5. The fraction of sp³-hybridized carbons (Fsp3) is 0.500.